The third-order valence-corrected chi connectivity index (χ3v) is 2.72. The molecular formula is C10H17NO4. The van der Waals surface area contributed by atoms with Gasteiger partial charge < -0.3 is 14.7 Å². The predicted molar refractivity (Wildman–Crippen MR) is 53.5 cm³/mol. The van der Waals surface area contributed by atoms with Crippen molar-refractivity contribution >= 4 is 11.9 Å². The number of aliphatic carboxylic acids is 1. The molecule has 0 bridgehead atoms. The summed E-state index contributed by atoms with van der Waals surface area (Å²) in [6, 6.07) is -0.637. The molecule has 5 heteroatoms. The maximum Gasteiger partial charge on any atom is 0.326 e. The quantitative estimate of drug-likeness (QED) is 0.741. The van der Waals surface area contributed by atoms with Crippen molar-refractivity contribution in [2.45, 2.75) is 38.3 Å². The maximum atomic E-state index is 11.7. The normalized spacial score (nSPS) is 22.8. The van der Waals surface area contributed by atoms with Gasteiger partial charge >= 0.3 is 5.97 Å². The van der Waals surface area contributed by atoms with E-state index in [0.717, 1.165) is 6.42 Å². The first-order valence-electron chi connectivity index (χ1n) is 5.11. The number of amides is 1. The van der Waals surface area contributed by atoms with Gasteiger partial charge in [-0.1, -0.05) is 0 Å². The van der Waals surface area contributed by atoms with E-state index in [0.29, 0.717) is 13.0 Å². The molecule has 2 atom stereocenters. The molecular weight excluding hydrogens is 198 g/mol. The summed E-state index contributed by atoms with van der Waals surface area (Å²) < 4.78 is 4.98. The Hall–Kier alpha value is -1.10. The van der Waals surface area contributed by atoms with Crippen LogP contribution in [0.5, 0.6) is 0 Å². The zero-order chi connectivity index (χ0) is 11.4. The van der Waals surface area contributed by atoms with Crippen molar-refractivity contribution in [1.82, 2.24) is 4.90 Å². The molecule has 86 valence electrons. The van der Waals surface area contributed by atoms with Gasteiger partial charge in [-0.05, 0) is 19.8 Å². The largest absolute Gasteiger partial charge is 0.480 e. The zero-order valence-corrected chi connectivity index (χ0v) is 9.10. The lowest BCUT2D eigenvalue weighted by Gasteiger charge is -2.22. The average Bonchev–Trinajstić information content (AvgIpc) is 2.65. The molecule has 1 amide bonds. The number of hydrogen-bond acceptors (Lipinski definition) is 3. The summed E-state index contributed by atoms with van der Waals surface area (Å²) in [4.78, 5) is 24.0. The van der Waals surface area contributed by atoms with E-state index in [9.17, 15) is 9.59 Å². The first-order valence-corrected chi connectivity index (χ1v) is 5.11. The molecule has 0 saturated carbocycles. The smallest absolute Gasteiger partial charge is 0.326 e. The Morgan fingerprint density at radius 2 is 2.27 bits per heavy atom. The second kappa shape index (κ2) is 5.11. The van der Waals surface area contributed by atoms with Gasteiger partial charge in [0, 0.05) is 13.7 Å². The van der Waals surface area contributed by atoms with E-state index in [2.05, 4.69) is 0 Å². The molecule has 0 spiro atoms. The van der Waals surface area contributed by atoms with Crippen molar-refractivity contribution in [3.63, 3.8) is 0 Å². The fraction of sp³-hybridized carbons (Fsp3) is 0.800. The van der Waals surface area contributed by atoms with Gasteiger partial charge in [0.15, 0.2) is 0 Å². The first-order chi connectivity index (χ1) is 7.06. The Morgan fingerprint density at radius 1 is 1.60 bits per heavy atom. The number of carboxylic acid groups (broad SMARTS) is 1. The van der Waals surface area contributed by atoms with Crippen LogP contribution >= 0.6 is 0 Å². The minimum absolute atomic E-state index is 0.130. The molecule has 1 N–H and O–H groups in total. The summed E-state index contributed by atoms with van der Waals surface area (Å²) in [6.07, 6.45) is 1.42. The summed E-state index contributed by atoms with van der Waals surface area (Å²) >= 11 is 0. The first kappa shape index (κ1) is 12.0. The molecule has 5 nitrogen and oxygen atoms in total. The van der Waals surface area contributed by atoms with E-state index < -0.39 is 12.0 Å². The molecule has 1 aliphatic rings. The molecule has 1 saturated heterocycles. The zero-order valence-electron chi connectivity index (χ0n) is 9.10. The Kier molecular flexibility index (Phi) is 4.08. The van der Waals surface area contributed by atoms with Crippen molar-refractivity contribution < 1.29 is 19.4 Å². The average molecular weight is 215 g/mol. The topological polar surface area (TPSA) is 66.8 Å². The molecule has 0 aromatic heterocycles. The summed E-state index contributed by atoms with van der Waals surface area (Å²) in [6.45, 7) is 2.34. The molecule has 0 aliphatic carbocycles. The highest BCUT2D eigenvalue weighted by atomic mass is 16.5. The minimum Gasteiger partial charge on any atom is -0.480 e. The van der Waals surface area contributed by atoms with Crippen LogP contribution in [0, 0.1) is 0 Å². The van der Waals surface area contributed by atoms with Gasteiger partial charge in [-0.2, -0.15) is 0 Å². The second-order valence-electron chi connectivity index (χ2n) is 3.83. The van der Waals surface area contributed by atoms with Crippen LogP contribution in [-0.2, 0) is 14.3 Å². The summed E-state index contributed by atoms with van der Waals surface area (Å²) in [5, 5.41) is 8.90. The van der Waals surface area contributed by atoms with Crippen molar-refractivity contribution in [1.29, 1.82) is 0 Å². The molecule has 1 rings (SSSR count). The summed E-state index contributed by atoms with van der Waals surface area (Å²) in [7, 11) is 1.54. The highest BCUT2D eigenvalue weighted by molar-refractivity contribution is 5.84. The van der Waals surface area contributed by atoms with Crippen molar-refractivity contribution in [3.05, 3.63) is 0 Å². The van der Waals surface area contributed by atoms with E-state index in [1.807, 2.05) is 0 Å². The summed E-state index contributed by atoms with van der Waals surface area (Å²) in [5.41, 5.74) is 0. The molecule has 1 fully saturated rings. The predicted octanol–water partition coefficient (Wildman–Crippen LogP) is 0.487. The number of likely N-dealkylation sites (tertiary alicyclic amines) is 1. The highest BCUT2D eigenvalue weighted by Crippen LogP contribution is 2.19. The number of nitrogens with zero attached hydrogens (tertiary/aromatic N) is 1. The van der Waals surface area contributed by atoms with Crippen LogP contribution in [0.3, 0.4) is 0 Å². The molecule has 15 heavy (non-hydrogen) atoms. The van der Waals surface area contributed by atoms with E-state index in [1.165, 1.54) is 12.0 Å². The Labute approximate surface area is 89.0 Å². The van der Waals surface area contributed by atoms with E-state index in [-0.39, 0.29) is 18.4 Å². The number of rotatable bonds is 4. The Balaban J connectivity index is 2.55. The monoisotopic (exact) mass is 215 g/mol. The van der Waals surface area contributed by atoms with E-state index in [1.54, 1.807) is 6.92 Å². The standard InChI is InChI=1S/C10H17NO4/c1-7(15-2)6-9(12)11-5-3-4-8(11)10(13)14/h7-8H,3-6H2,1-2H3,(H,13,14)/t7-,8+/m1/s1. The summed E-state index contributed by atoms with van der Waals surface area (Å²) in [5.74, 6) is -1.04. The highest BCUT2D eigenvalue weighted by Gasteiger charge is 2.34. The number of carbonyl (C=O) groups excluding carboxylic acids is 1. The molecule has 1 heterocycles. The van der Waals surface area contributed by atoms with Crippen LogP contribution in [0.15, 0.2) is 0 Å². The molecule has 0 radical (unpaired) electrons. The van der Waals surface area contributed by atoms with Crippen LogP contribution in [0.2, 0.25) is 0 Å². The Morgan fingerprint density at radius 3 is 2.80 bits per heavy atom. The van der Waals surface area contributed by atoms with Crippen LogP contribution < -0.4 is 0 Å². The van der Waals surface area contributed by atoms with Crippen molar-refractivity contribution in [2.75, 3.05) is 13.7 Å². The minimum atomic E-state index is -0.911. The molecule has 1 aliphatic heterocycles. The van der Waals surface area contributed by atoms with Gasteiger partial charge in [0.1, 0.15) is 6.04 Å². The lowest BCUT2D eigenvalue weighted by molar-refractivity contribution is -0.149. The number of ether oxygens (including phenoxy) is 1. The van der Waals surface area contributed by atoms with Crippen LogP contribution in [0.4, 0.5) is 0 Å². The van der Waals surface area contributed by atoms with Gasteiger partial charge in [-0.3, -0.25) is 4.79 Å². The Bertz CT molecular complexity index is 254. The molecule has 0 aromatic carbocycles. The van der Waals surface area contributed by atoms with Crippen molar-refractivity contribution in [3.8, 4) is 0 Å². The van der Waals surface area contributed by atoms with Crippen LogP contribution in [-0.4, -0.2) is 47.7 Å². The molecule has 0 unspecified atom stereocenters. The van der Waals surface area contributed by atoms with Crippen molar-refractivity contribution in [2.24, 2.45) is 0 Å². The van der Waals surface area contributed by atoms with Gasteiger partial charge in [0.2, 0.25) is 5.91 Å². The van der Waals surface area contributed by atoms with E-state index >= 15 is 0 Å². The third-order valence-electron chi connectivity index (χ3n) is 2.72. The number of hydrogen-bond donors (Lipinski definition) is 1. The molecule has 0 aromatic rings. The second-order valence-corrected chi connectivity index (χ2v) is 3.83. The van der Waals surface area contributed by atoms with Crippen LogP contribution in [0.25, 0.3) is 0 Å². The van der Waals surface area contributed by atoms with Crippen LogP contribution in [0.1, 0.15) is 26.2 Å². The number of carbonyl (C=O) groups is 2. The fourth-order valence-corrected chi connectivity index (χ4v) is 1.77. The number of carboxylic acids is 1. The fourth-order valence-electron chi connectivity index (χ4n) is 1.77. The number of methoxy groups -OCH3 is 1. The van der Waals surface area contributed by atoms with Gasteiger partial charge in [-0.25, -0.2) is 4.79 Å². The van der Waals surface area contributed by atoms with Gasteiger partial charge in [-0.15, -0.1) is 0 Å². The lowest BCUT2D eigenvalue weighted by atomic mass is 10.2. The SMILES string of the molecule is CO[C@H](C)CC(=O)N1CCC[C@H]1C(=O)O. The lowest BCUT2D eigenvalue weighted by Crippen LogP contribution is -2.41. The maximum absolute atomic E-state index is 11.7. The third kappa shape index (κ3) is 2.92. The van der Waals surface area contributed by atoms with Gasteiger partial charge in [0.05, 0.1) is 12.5 Å². The van der Waals surface area contributed by atoms with E-state index in [4.69, 9.17) is 9.84 Å². The van der Waals surface area contributed by atoms with Gasteiger partial charge in [0.25, 0.3) is 0 Å².